The van der Waals surface area contributed by atoms with Crippen molar-refractivity contribution in [1.29, 1.82) is 0 Å². The molecule has 7 nitrogen and oxygen atoms in total. The molecule has 0 radical (unpaired) electrons. The third-order valence-corrected chi connectivity index (χ3v) is 5.46. The van der Waals surface area contributed by atoms with E-state index in [-0.39, 0.29) is 24.8 Å². The van der Waals surface area contributed by atoms with Crippen molar-refractivity contribution >= 4 is 23.8 Å². The number of ether oxygens (including phenoxy) is 4. The lowest BCUT2D eigenvalue weighted by Gasteiger charge is -2.30. The first-order valence-corrected chi connectivity index (χ1v) is 10.6. The number of piperidine rings is 1. The van der Waals surface area contributed by atoms with E-state index >= 15 is 0 Å². The molecule has 1 amide bonds. The zero-order valence-corrected chi connectivity index (χ0v) is 19.6. The average Bonchev–Trinajstić information content (AvgIpc) is 2.85. The molecule has 0 aromatic heterocycles. The first-order chi connectivity index (χ1) is 15.9. The molecule has 1 fully saturated rings. The number of nitrogens with zero attached hydrogens (tertiary/aromatic N) is 1. The highest BCUT2D eigenvalue weighted by atomic mass is 16.5. The highest BCUT2D eigenvalue weighted by molar-refractivity contribution is 6.15. The number of methoxy groups -OCH3 is 4. The highest BCUT2D eigenvalue weighted by Crippen LogP contribution is 2.31. The molecule has 1 aliphatic rings. The van der Waals surface area contributed by atoms with Gasteiger partial charge >= 0.3 is 0 Å². The lowest BCUT2D eigenvalue weighted by Crippen LogP contribution is -2.41. The second kappa shape index (κ2) is 10.7. The van der Waals surface area contributed by atoms with Crippen molar-refractivity contribution in [3.05, 3.63) is 58.7 Å². The van der Waals surface area contributed by atoms with Crippen molar-refractivity contribution < 1.29 is 28.5 Å². The maximum Gasteiger partial charge on any atom is 0.222 e. The summed E-state index contributed by atoms with van der Waals surface area (Å²) in [7, 11) is 6.26. The van der Waals surface area contributed by atoms with Gasteiger partial charge < -0.3 is 23.8 Å². The highest BCUT2D eigenvalue weighted by Gasteiger charge is 2.28. The summed E-state index contributed by atoms with van der Waals surface area (Å²) >= 11 is 0. The Labute approximate surface area is 194 Å². The van der Waals surface area contributed by atoms with Gasteiger partial charge in [-0.15, -0.1) is 0 Å². The van der Waals surface area contributed by atoms with Crippen molar-refractivity contribution in [3.8, 4) is 23.0 Å². The van der Waals surface area contributed by atoms with Gasteiger partial charge in [-0.25, -0.2) is 0 Å². The molecule has 3 rings (SSSR count). The SMILES string of the molecule is CCC(=O)N1C/C(=C/c2ccc(OC)c(OC)c2)C(=O)/C(=C/c2ccc(OC)c(OC)c2)C1. The Morgan fingerprint density at radius 1 is 0.788 bits per heavy atom. The molecule has 1 heterocycles. The van der Waals surface area contributed by atoms with E-state index in [1.54, 1.807) is 69.8 Å². The van der Waals surface area contributed by atoms with Gasteiger partial charge in [-0.2, -0.15) is 0 Å². The summed E-state index contributed by atoms with van der Waals surface area (Å²) in [6, 6.07) is 10.9. The van der Waals surface area contributed by atoms with Crippen LogP contribution in [0.1, 0.15) is 24.5 Å². The number of amides is 1. The molecule has 0 aliphatic carbocycles. The monoisotopic (exact) mass is 451 g/mol. The Balaban J connectivity index is 2.02. The van der Waals surface area contributed by atoms with Gasteiger partial charge in [0.1, 0.15) is 0 Å². The van der Waals surface area contributed by atoms with Crippen molar-refractivity contribution in [2.75, 3.05) is 41.5 Å². The lowest BCUT2D eigenvalue weighted by molar-refractivity contribution is -0.131. The third kappa shape index (κ3) is 5.37. The minimum Gasteiger partial charge on any atom is -0.493 e. The van der Waals surface area contributed by atoms with Crippen LogP contribution in [0.3, 0.4) is 0 Å². The Morgan fingerprint density at radius 2 is 1.21 bits per heavy atom. The number of rotatable bonds is 7. The van der Waals surface area contributed by atoms with E-state index in [2.05, 4.69) is 0 Å². The summed E-state index contributed by atoms with van der Waals surface area (Å²) < 4.78 is 21.3. The Kier molecular flexibility index (Phi) is 7.77. The van der Waals surface area contributed by atoms with Crippen molar-refractivity contribution in [2.24, 2.45) is 0 Å². The van der Waals surface area contributed by atoms with Crippen molar-refractivity contribution in [3.63, 3.8) is 0 Å². The molecule has 0 atom stereocenters. The van der Waals surface area contributed by atoms with Crippen LogP contribution in [0.15, 0.2) is 47.5 Å². The summed E-state index contributed by atoms with van der Waals surface area (Å²) in [5, 5.41) is 0. The predicted octanol–water partition coefficient (Wildman–Crippen LogP) is 4.01. The molecule has 7 heteroatoms. The Morgan fingerprint density at radius 3 is 1.58 bits per heavy atom. The summed E-state index contributed by atoms with van der Waals surface area (Å²) in [6.45, 7) is 2.32. The van der Waals surface area contributed by atoms with Crippen LogP contribution in [-0.4, -0.2) is 58.1 Å². The number of carbonyl (C=O) groups is 2. The molecule has 0 N–H and O–H groups in total. The fraction of sp³-hybridized carbons (Fsp3) is 0.308. The largest absolute Gasteiger partial charge is 0.493 e. The predicted molar refractivity (Wildman–Crippen MR) is 127 cm³/mol. The van der Waals surface area contributed by atoms with Crippen molar-refractivity contribution in [2.45, 2.75) is 13.3 Å². The number of hydrogen-bond acceptors (Lipinski definition) is 6. The molecule has 1 aliphatic heterocycles. The second-order valence-corrected chi connectivity index (χ2v) is 7.50. The van der Waals surface area contributed by atoms with Gasteiger partial charge in [0.05, 0.1) is 28.4 Å². The Hall–Kier alpha value is -3.74. The lowest BCUT2D eigenvalue weighted by atomic mass is 9.94. The summed E-state index contributed by atoms with van der Waals surface area (Å²) in [5.74, 6) is 2.23. The minimum absolute atomic E-state index is 0.0149. The fourth-order valence-corrected chi connectivity index (χ4v) is 3.73. The normalized spacial score (nSPS) is 16.2. The minimum atomic E-state index is -0.0975. The van der Waals surface area contributed by atoms with E-state index in [9.17, 15) is 9.59 Å². The summed E-state index contributed by atoms with van der Waals surface area (Å²) in [5.41, 5.74) is 2.63. The van der Waals surface area contributed by atoms with Gasteiger partial charge in [0.15, 0.2) is 28.8 Å². The van der Waals surface area contributed by atoms with E-state index in [0.717, 1.165) is 11.1 Å². The number of Topliss-reactive ketones (excluding diaryl/α,β-unsaturated/α-hetero) is 1. The standard InChI is InChI=1S/C26H29NO6/c1-6-25(28)27-15-19(11-17-7-9-21(30-2)23(13-17)32-4)26(29)20(16-27)12-18-8-10-22(31-3)24(14-18)33-5/h7-14H,6,15-16H2,1-5H3/b19-11-,20-12+. The summed E-state index contributed by atoms with van der Waals surface area (Å²) in [4.78, 5) is 27.6. The number of ketones is 1. The molecule has 1 saturated heterocycles. The van der Waals surface area contributed by atoms with Crippen LogP contribution in [0.25, 0.3) is 12.2 Å². The first-order valence-electron chi connectivity index (χ1n) is 10.6. The quantitative estimate of drug-likeness (QED) is 0.593. The maximum absolute atomic E-state index is 13.4. The molecule has 0 saturated carbocycles. The van der Waals surface area contributed by atoms with E-state index < -0.39 is 0 Å². The third-order valence-electron chi connectivity index (χ3n) is 5.46. The van der Waals surface area contributed by atoms with Crippen LogP contribution in [0.2, 0.25) is 0 Å². The van der Waals surface area contributed by atoms with Crippen LogP contribution in [-0.2, 0) is 9.59 Å². The van der Waals surface area contributed by atoms with E-state index in [1.807, 2.05) is 19.1 Å². The zero-order chi connectivity index (χ0) is 24.0. The zero-order valence-electron chi connectivity index (χ0n) is 19.6. The maximum atomic E-state index is 13.4. The molecule has 0 spiro atoms. The smallest absolute Gasteiger partial charge is 0.222 e. The average molecular weight is 452 g/mol. The number of benzene rings is 2. The van der Waals surface area contributed by atoms with Crippen LogP contribution in [0.4, 0.5) is 0 Å². The van der Waals surface area contributed by atoms with Crippen LogP contribution >= 0.6 is 0 Å². The molecular weight excluding hydrogens is 422 g/mol. The van der Waals surface area contributed by atoms with Crippen LogP contribution in [0.5, 0.6) is 23.0 Å². The second-order valence-electron chi connectivity index (χ2n) is 7.50. The van der Waals surface area contributed by atoms with Gasteiger partial charge in [0, 0.05) is 30.7 Å². The molecule has 33 heavy (non-hydrogen) atoms. The van der Waals surface area contributed by atoms with E-state index in [0.29, 0.717) is 40.6 Å². The molecule has 174 valence electrons. The van der Waals surface area contributed by atoms with Crippen molar-refractivity contribution in [1.82, 2.24) is 4.90 Å². The molecular formula is C26H29NO6. The number of hydrogen-bond donors (Lipinski definition) is 0. The summed E-state index contributed by atoms with van der Waals surface area (Å²) in [6.07, 6.45) is 3.95. The van der Waals surface area contributed by atoms with Crippen LogP contribution < -0.4 is 18.9 Å². The van der Waals surface area contributed by atoms with E-state index in [1.165, 1.54) is 0 Å². The fourth-order valence-electron chi connectivity index (χ4n) is 3.73. The topological polar surface area (TPSA) is 74.3 Å². The molecule has 2 aromatic rings. The first kappa shape index (κ1) is 23.9. The molecule has 0 bridgehead atoms. The van der Waals surface area contributed by atoms with Gasteiger partial charge in [0.25, 0.3) is 0 Å². The van der Waals surface area contributed by atoms with Gasteiger partial charge in [0.2, 0.25) is 5.91 Å². The van der Waals surface area contributed by atoms with Gasteiger partial charge in [-0.05, 0) is 47.5 Å². The van der Waals surface area contributed by atoms with E-state index in [4.69, 9.17) is 18.9 Å². The van der Waals surface area contributed by atoms with Gasteiger partial charge in [-0.1, -0.05) is 19.1 Å². The Bertz CT molecular complexity index is 1020. The molecule has 2 aromatic carbocycles. The molecule has 0 unspecified atom stereocenters. The number of likely N-dealkylation sites (tertiary alicyclic amines) is 1. The number of carbonyl (C=O) groups excluding carboxylic acids is 2. The van der Waals surface area contributed by atoms with Crippen LogP contribution in [0, 0.1) is 0 Å². The van der Waals surface area contributed by atoms with Gasteiger partial charge in [-0.3, -0.25) is 9.59 Å².